The number of benzene rings is 1. The van der Waals surface area contributed by atoms with Gasteiger partial charge in [0, 0.05) is 11.3 Å². The number of rotatable bonds is 4. The van der Waals surface area contributed by atoms with E-state index in [-0.39, 0.29) is 12.4 Å². The van der Waals surface area contributed by atoms with E-state index in [0.29, 0.717) is 12.1 Å². The standard InChI is InChI=1S/C14H13N3O2S/c18-9-13-14(8-12-2-1-7-20-12)17(16-15-13)10-3-5-11(19)6-4-10/h1-7,18-19H,8-9H2. The van der Waals surface area contributed by atoms with Crippen LogP contribution in [-0.2, 0) is 13.0 Å². The maximum atomic E-state index is 9.40. The van der Waals surface area contributed by atoms with Gasteiger partial charge < -0.3 is 10.2 Å². The van der Waals surface area contributed by atoms with Gasteiger partial charge in [0.1, 0.15) is 11.4 Å². The summed E-state index contributed by atoms with van der Waals surface area (Å²) in [6.45, 7) is -0.140. The lowest BCUT2D eigenvalue weighted by atomic mass is 10.2. The Hall–Kier alpha value is -2.18. The molecule has 2 aromatic heterocycles. The van der Waals surface area contributed by atoms with Gasteiger partial charge in [-0.2, -0.15) is 0 Å². The van der Waals surface area contributed by atoms with Crippen LogP contribution in [0, 0.1) is 0 Å². The first-order valence-corrected chi connectivity index (χ1v) is 7.02. The number of aromatic hydroxyl groups is 1. The third kappa shape index (κ3) is 2.43. The molecule has 1 aromatic carbocycles. The van der Waals surface area contributed by atoms with Crippen molar-refractivity contribution in [2.75, 3.05) is 0 Å². The summed E-state index contributed by atoms with van der Waals surface area (Å²) in [4.78, 5) is 1.18. The van der Waals surface area contributed by atoms with E-state index in [9.17, 15) is 10.2 Å². The molecule has 0 atom stereocenters. The number of aliphatic hydroxyl groups excluding tert-OH is 1. The van der Waals surface area contributed by atoms with Gasteiger partial charge >= 0.3 is 0 Å². The van der Waals surface area contributed by atoms with Crippen LogP contribution in [-0.4, -0.2) is 25.2 Å². The number of phenols is 1. The highest BCUT2D eigenvalue weighted by Gasteiger charge is 2.14. The van der Waals surface area contributed by atoms with Gasteiger partial charge in [-0.1, -0.05) is 11.3 Å². The predicted molar refractivity (Wildman–Crippen MR) is 76.1 cm³/mol. The molecule has 0 unspecified atom stereocenters. The average molecular weight is 287 g/mol. The van der Waals surface area contributed by atoms with E-state index in [2.05, 4.69) is 10.3 Å². The molecule has 0 aliphatic rings. The number of aromatic nitrogens is 3. The minimum absolute atomic E-state index is 0.140. The van der Waals surface area contributed by atoms with Gasteiger partial charge in [-0.25, -0.2) is 4.68 Å². The Morgan fingerprint density at radius 2 is 1.95 bits per heavy atom. The number of thiophene rings is 1. The molecule has 2 N–H and O–H groups in total. The van der Waals surface area contributed by atoms with Crippen LogP contribution >= 0.6 is 11.3 Å². The van der Waals surface area contributed by atoms with Crippen molar-refractivity contribution >= 4 is 11.3 Å². The van der Waals surface area contributed by atoms with Crippen LogP contribution in [0.25, 0.3) is 5.69 Å². The Bertz CT molecular complexity index is 690. The lowest BCUT2D eigenvalue weighted by Gasteiger charge is -2.06. The van der Waals surface area contributed by atoms with Crippen molar-refractivity contribution in [3.05, 3.63) is 58.0 Å². The molecule has 0 aliphatic heterocycles. The molecule has 0 spiro atoms. The number of phenolic OH excluding ortho intramolecular Hbond substituents is 1. The van der Waals surface area contributed by atoms with Crippen LogP contribution in [0.3, 0.4) is 0 Å². The van der Waals surface area contributed by atoms with E-state index >= 15 is 0 Å². The van der Waals surface area contributed by atoms with Crippen LogP contribution in [0.1, 0.15) is 16.3 Å². The first-order valence-electron chi connectivity index (χ1n) is 6.14. The fraction of sp³-hybridized carbons (Fsp3) is 0.143. The molecule has 3 rings (SSSR count). The van der Waals surface area contributed by atoms with E-state index in [0.717, 1.165) is 11.4 Å². The number of aliphatic hydroxyl groups is 1. The molecule has 3 aromatic rings. The van der Waals surface area contributed by atoms with Crippen molar-refractivity contribution < 1.29 is 10.2 Å². The summed E-state index contributed by atoms with van der Waals surface area (Å²) in [5.74, 6) is 0.205. The first kappa shape index (κ1) is 12.8. The molecule has 102 valence electrons. The van der Waals surface area contributed by atoms with E-state index in [4.69, 9.17) is 0 Å². The van der Waals surface area contributed by atoms with Crippen LogP contribution in [0.4, 0.5) is 0 Å². The van der Waals surface area contributed by atoms with Crippen LogP contribution < -0.4 is 0 Å². The molecule has 2 heterocycles. The highest BCUT2D eigenvalue weighted by Crippen LogP contribution is 2.21. The zero-order valence-electron chi connectivity index (χ0n) is 10.6. The van der Waals surface area contributed by atoms with Crippen LogP contribution in [0.2, 0.25) is 0 Å². The predicted octanol–water partition coefficient (Wildman–Crippen LogP) is 2.12. The Balaban J connectivity index is 2.02. The monoisotopic (exact) mass is 287 g/mol. The van der Waals surface area contributed by atoms with Crippen molar-refractivity contribution in [2.45, 2.75) is 13.0 Å². The van der Waals surface area contributed by atoms with Crippen LogP contribution in [0.5, 0.6) is 5.75 Å². The highest BCUT2D eigenvalue weighted by molar-refractivity contribution is 7.09. The third-order valence-electron chi connectivity index (χ3n) is 3.01. The van der Waals surface area contributed by atoms with Crippen molar-refractivity contribution in [1.29, 1.82) is 0 Å². The molecule has 0 aliphatic carbocycles. The Labute approximate surface area is 119 Å². The molecule has 6 heteroatoms. The molecular weight excluding hydrogens is 274 g/mol. The van der Waals surface area contributed by atoms with Crippen molar-refractivity contribution in [2.24, 2.45) is 0 Å². The summed E-state index contributed by atoms with van der Waals surface area (Å²) in [6, 6.07) is 10.8. The van der Waals surface area contributed by atoms with Gasteiger partial charge in [-0.3, -0.25) is 0 Å². The molecule has 0 saturated carbocycles. The molecule has 0 radical (unpaired) electrons. The van der Waals surface area contributed by atoms with Gasteiger partial charge in [0.2, 0.25) is 0 Å². The largest absolute Gasteiger partial charge is 0.508 e. The zero-order valence-corrected chi connectivity index (χ0v) is 11.4. The van der Waals surface area contributed by atoms with Gasteiger partial charge in [-0.05, 0) is 35.7 Å². The summed E-state index contributed by atoms with van der Waals surface area (Å²) >= 11 is 1.66. The molecular formula is C14H13N3O2S. The van der Waals surface area contributed by atoms with Crippen LogP contribution in [0.15, 0.2) is 41.8 Å². The second-order valence-electron chi connectivity index (χ2n) is 4.33. The fourth-order valence-electron chi connectivity index (χ4n) is 2.01. The van der Waals surface area contributed by atoms with Gasteiger partial charge in [0.25, 0.3) is 0 Å². The number of hydrogen-bond donors (Lipinski definition) is 2. The van der Waals surface area contributed by atoms with Crippen molar-refractivity contribution in [3.63, 3.8) is 0 Å². The lowest BCUT2D eigenvalue weighted by molar-refractivity contribution is 0.275. The smallest absolute Gasteiger partial charge is 0.115 e. The van der Waals surface area contributed by atoms with E-state index in [1.165, 1.54) is 4.88 Å². The zero-order chi connectivity index (χ0) is 13.9. The average Bonchev–Trinajstić information content (AvgIpc) is 3.10. The molecule has 20 heavy (non-hydrogen) atoms. The van der Waals surface area contributed by atoms with E-state index in [1.807, 2.05) is 17.5 Å². The molecule has 0 fully saturated rings. The van der Waals surface area contributed by atoms with Crippen molar-refractivity contribution in [3.8, 4) is 11.4 Å². The maximum Gasteiger partial charge on any atom is 0.115 e. The number of hydrogen-bond acceptors (Lipinski definition) is 5. The normalized spacial score (nSPS) is 10.8. The quantitative estimate of drug-likeness (QED) is 0.771. The first-order chi connectivity index (χ1) is 9.78. The topological polar surface area (TPSA) is 71.2 Å². The second-order valence-corrected chi connectivity index (χ2v) is 5.36. The minimum Gasteiger partial charge on any atom is -0.508 e. The number of nitrogens with zero attached hydrogens (tertiary/aromatic N) is 3. The third-order valence-corrected chi connectivity index (χ3v) is 3.89. The Kier molecular flexibility index (Phi) is 3.49. The highest BCUT2D eigenvalue weighted by atomic mass is 32.1. The molecule has 0 amide bonds. The fourth-order valence-corrected chi connectivity index (χ4v) is 2.72. The minimum atomic E-state index is -0.140. The Morgan fingerprint density at radius 3 is 2.60 bits per heavy atom. The van der Waals surface area contributed by atoms with E-state index < -0.39 is 0 Å². The summed E-state index contributed by atoms with van der Waals surface area (Å²) in [5.41, 5.74) is 2.24. The molecule has 0 saturated heterocycles. The maximum absolute atomic E-state index is 9.40. The van der Waals surface area contributed by atoms with Crippen molar-refractivity contribution in [1.82, 2.24) is 15.0 Å². The van der Waals surface area contributed by atoms with Gasteiger partial charge in [0.15, 0.2) is 0 Å². The summed E-state index contributed by atoms with van der Waals surface area (Å²) < 4.78 is 1.70. The SMILES string of the molecule is OCc1nnn(-c2ccc(O)cc2)c1Cc1cccs1. The lowest BCUT2D eigenvalue weighted by Crippen LogP contribution is -2.04. The van der Waals surface area contributed by atoms with Gasteiger partial charge in [0.05, 0.1) is 18.0 Å². The Morgan fingerprint density at radius 1 is 1.15 bits per heavy atom. The summed E-state index contributed by atoms with van der Waals surface area (Å²) in [6.07, 6.45) is 0.668. The summed E-state index contributed by atoms with van der Waals surface area (Å²) in [7, 11) is 0. The van der Waals surface area contributed by atoms with Gasteiger partial charge in [-0.15, -0.1) is 16.4 Å². The molecule has 5 nitrogen and oxygen atoms in total. The molecule has 0 bridgehead atoms. The van der Waals surface area contributed by atoms with E-state index in [1.54, 1.807) is 40.3 Å². The summed E-state index contributed by atoms with van der Waals surface area (Å²) in [5, 5.41) is 28.9. The second kappa shape index (κ2) is 5.44.